The minimum Gasteiger partial charge on any atom is -0.480 e. The first-order chi connectivity index (χ1) is 11.2. The standard InChI is InChI=1S/C18H24N2O4/c1-18(2,17(23)24)19(3)15(21)14-9-11-20(12-10-14)16(22)13-7-5-4-6-8-13/h4-8,14H,9-12H2,1-3H3,(H,23,24). The molecule has 24 heavy (non-hydrogen) atoms. The van der Waals surface area contributed by atoms with Gasteiger partial charge < -0.3 is 14.9 Å². The molecule has 0 spiro atoms. The second kappa shape index (κ2) is 7.03. The smallest absolute Gasteiger partial charge is 0.329 e. The quantitative estimate of drug-likeness (QED) is 0.913. The molecule has 0 saturated carbocycles. The molecule has 1 aliphatic heterocycles. The van der Waals surface area contributed by atoms with Gasteiger partial charge in [0.2, 0.25) is 5.91 Å². The molecule has 1 fully saturated rings. The van der Waals surface area contributed by atoms with Gasteiger partial charge in [0.25, 0.3) is 5.91 Å². The Morgan fingerprint density at radius 1 is 1.12 bits per heavy atom. The average molecular weight is 332 g/mol. The number of carboxylic acids is 1. The van der Waals surface area contributed by atoms with Crippen LogP contribution in [0.15, 0.2) is 30.3 Å². The van der Waals surface area contributed by atoms with Crippen molar-refractivity contribution in [1.82, 2.24) is 9.80 Å². The third kappa shape index (κ3) is 3.58. The fraction of sp³-hybridized carbons (Fsp3) is 0.500. The van der Waals surface area contributed by atoms with Crippen molar-refractivity contribution in [3.63, 3.8) is 0 Å². The van der Waals surface area contributed by atoms with Crippen LogP contribution in [-0.4, -0.2) is 58.4 Å². The molecular weight excluding hydrogens is 308 g/mol. The zero-order valence-corrected chi connectivity index (χ0v) is 14.4. The number of benzene rings is 1. The first kappa shape index (κ1) is 18.0. The van der Waals surface area contributed by atoms with Crippen LogP contribution in [0.2, 0.25) is 0 Å². The van der Waals surface area contributed by atoms with Gasteiger partial charge in [-0.1, -0.05) is 18.2 Å². The van der Waals surface area contributed by atoms with E-state index in [9.17, 15) is 19.5 Å². The van der Waals surface area contributed by atoms with Gasteiger partial charge in [-0.25, -0.2) is 4.79 Å². The number of likely N-dealkylation sites (tertiary alicyclic amines) is 1. The van der Waals surface area contributed by atoms with Crippen LogP contribution < -0.4 is 0 Å². The van der Waals surface area contributed by atoms with E-state index in [-0.39, 0.29) is 17.7 Å². The molecule has 1 aliphatic rings. The maximum absolute atomic E-state index is 12.6. The lowest BCUT2D eigenvalue weighted by Gasteiger charge is -2.37. The Morgan fingerprint density at radius 3 is 2.17 bits per heavy atom. The summed E-state index contributed by atoms with van der Waals surface area (Å²) in [7, 11) is 1.53. The van der Waals surface area contributed by atoms with E-state index in [0.29, 0.717) is 31.5 Å². The first-order valence-corrected chi connectivity index (χ1v) is 8.10. The molecule has 1 heterocycles. The number of aliphatic carboxylic acids is 1. The summed E-state index contributed by atoms with van der Waals surface area (Å²) >= 11 is 0. The maximum atomic E-state index is 12.6. The van der Waals surface area contributed by atoms with Crippen molar-refractivity contribution >= 4 is 17.8 Å². The van der Waals surface area contributed by atoms with Crippen LogP contribution in [0, 0.1) is 5.92 Å². The van der Waals surface area contributed by atoms with E-state index < -0.39 is 11.5 Å². The van der Waals surface area contributed by atoms with E-state index in [1.54, 1.807) is 17.0 Å². The summed E-state index contributed by atoms with van der Waals surface area (Å²) in [5.74, 6) is -1.47. The molecular formula is C18H24N2O4. The van der Waals surface area contributed by atoms with Crippen molar-refractivity contribution in [2.75, 3.05) is 20.1 Å². The summed E-state index contributed by atoms with van der Waals surface area (Å²) in [5, 5.41) is 9.25. The molecule has 130 valence electrons. The molecule has 2 amide bonds. The van der Waals surface area contributed by atoms with Crippen LogP contribution in [0.5, 0.6) is 0 Å². The highest BCUT2D eigenvalue weighted by atomic mass is 16.4. The van der Waals surface area contributed by atoms with Gasteiger partial charge in [-0.15, -0.1) is 0 Å². The first-order valence-electron chi connectivity index (χ1n) is 8.10. The molecule has 1 N–H and O–H groups in total. The summed E-state index contributed by atoms with van der Waals surface area (Å²) in [4.78, 5) is 39.3. The number of hydrogen-bond acceptors (Lipinski definition) is 3. The Labute approximate surface area is 142 Å². The zero-order valence-electron chi connectivity index (χ0n) is 14.4. The summed E-state index contributed by atoms with van der Waals surface area (Å²) < 4.78 is 0. The fourth-order valence-corrected chi connectivity index (χ4v) is 2.79. The summed E-state index contributed by atoms with van der Waals surface area (Å²) in [6.07, 6.45) is 1.11. The highest BCUT2D eigenvalue weighted by molar-refractivity contribution is 5.94. The predicted molar refractivity (Wildman–Crippen MR) is 89.6 cm³/mol. The van der Waals surface area contributed by atoms with E-state index in [1.165, 1.54) is 25.8 Å². The van der Waals surface area contributed by atoms with Gasteiger partial charge in [0.05, 0.1) is 0 Å². The van der Waals surface area contributed by atoms with Crippen molar-refractivity contribution in [1.29, 1.82) is 0 Å². The zero-order chi connectivity index (χ0) is 17.9. The summed E-state index contributed by atoms with van der Waals surface area (Å²) in [6.45, 7) is 4.04. The number of carboxylic acid groups (broad SMARTS) is 1. The third-order valence-electron chi connectivity index (χ3n) is 4.84. The number of carbonyl (C=O) groups excluding carboxylic acids is 2. The molecule has 1 aromatic rings. The Hall–Kier alpha value is -2.37. The highest BCUT2D eigenvalue weighted by Crippen LogP contribution is 2.24. The molecule has 6 nitrogen and oxygen atoms in total. The number of rotatable bonds is 4. The monoisotopic (exact) mass is 332 g/mol. The molecule has 0 aliphatic carbocycles. The van der Waals surface area contributed by atoms with Crippen LogP contribution in [0.4, 0.5) is 0 Å². The predicted octanol–water partition coefficient (Wildman–Crippen LogP) is 1.86. The number of hydrogen-bond donors (Lipinski definition) is 1. The molecule has 1 saturated heterocycles. The minimum atomic E-state index is -1.24. The van der Waals surface area contributed by atoms with Crippen LogP contribution in [-0.2, 0) is 9.59 Å². The van der Waals surface area contributed by atoms with Gasteiger partial charge in [0.1, 0.15) is 5.54 Å². The number of piperidine rings is 1. The Morgan fingerprint density at radius 2 is 1.67 bits per heavy atom. The van der Waals surface area contributed by atoms with Crippen LogP contribution >= 0.6 is 0 Å². The number of amides is 2. The number of carbonyl (C=O) groups is 3. The molecule has 0 atom stereocenters. The van der Waals surface area contributed by atoms with Crippen molar-refractivity contribution in [2.45, 2.75) is 32.2 Å². The van der Waals surface area contributed by atoms with Crippen LogP contribution in [0.25, 0.3) is 0 Å². The van der Waals surface area contributed by atoms with Gasteiger partial charge in [0.15, 0.2) is 0 Å². The SMILES string of the molecule is CN(C(=O)C1CCN(C(=O)c2ccccc2)CC1)C(C)(C)C(=O)O. The second-order valence-corrected chi connectivity index (χ2v) is 6.69. The number of likely N-dealkylation sites (N-methyl/N-ethyl adjacent to an activating group) is 1. The molecule has 0 aromatic heterocycles. The van der Waals surface area contributed by atoms with Gasteiger partial charge in [-0.2, -0.15) is 0 Å². The lowest BCUT2D eigenvalue weighted by atomic mass is 9.92. The average Bonchev–Trinajstić information content (AvgIpc) is 2.60. The van der Waals surface area contributed by atoms with E-state index in [0.717, 1.165) is 0 Å². The third-order valence-corrected chi connectivity index (χ3v) is 4.84. The molecule has 2 rings (SSSR count). The van der Waals surface area contributed by atoms with Crippen LogP contribution in [0.1, 0.15) is 37.0 Å². The molecule has 6 heteroatoms. The maximum Gasteiger partial charge on any atom is 0.329 e. The van der Waals surface area contributed by atoms with Gasteiger partial charge in [0, 0.05) is 31.6 Å². The van der Waals surface area contributed by atoms with Gasteiger partial charge in [-0.3, -0.25) is 9.59 Å². The summed E-state index contributed by atoms with van der Waals surface area (Å²) in [6, 6.07) is 9.08. The van der Waals surface area contributed by atoms with Crippen LogP contribution in [0.3, 0.4) is 0 Å². The highest BCUT2D eigenvalue weighted by Gasteiger charge is 2.39. The normalized spacial score (nSPS) is 15.9. The Kier molecular flexibility index (Phi) is 5.26. The molecule has 0 bridgehead atoms. The Balaban J connectivity index is 1.96. The van der Waals surface area contributed by atoms with Crippen molar-refractivity contribution in [3.05, 3.63) is 35.9 Å². The fourth-order valence-electron chi connectivity index (χ4n) is 2.79. The molecule has 0 unspecified atom stereocenters. The van der Waals surface area contributed by atoms with Crippen molar-refractivity contribution in [2.24, 2.45) is 5.92 Å². The largest absolute Gasteiger partial charge is 0.480 e. The van der Waals surface area contributed by atoms with Crippen molar-refractivity contribution < 1.29 is 19.5 Å². The topological polar surface area (TPSA) is 77.9 Å². The second-order valence-electron chi connectivity index (χ2n) is 6.69. The van der Waals surface area contributed by atoms with Gasteiger partial charge in [-0.05, 0) is 38.8 Å². The summed E-state index contributed by atoms with van der Waals surface area (Å²) in [5.41, 5.74) is -0.597. The van der Waals surface area contributed by atoms with Gasteiger partial charge >= 0.3 is 5.97 Å². The van der Waals surface area contributed by atoms with E-state index in [4.69, 9.17) is 0 Å². The molecule has 1 aromatic carbocycles. The van der Waals surface area contributed by atoms with E-state index in [1.807, 2.05) is 18.2 Å². The minimum absolute atomic E-state index is 0.0271. The van der Waals surface area contributed by atoms with E-state index in [2.05, 4.69) is 0 Å². The van der Waals surface area contributed by atoms with Crippen molar-refractivity contribution in [3.8, 4) is 0 Å². The van der Waals surface area contributed by atoms with E-state index >= 15 is 0 Å². The Bertz CT molecular complexity index is 619. The number of nitrogens with zero attached hydrogens (tertiary/aromatic N) is 2. The lowest BCUT2D eigenvalue weighted by Crippen LogP contribution is -2.54. The molecule has 0 radical (unpaired) electrons. The lowest BCUT2D eigenvalue weighted by molar-refractivity contribution is -0.157.